The first kappa shape index (κ1) is 19.2. The highest BCUT2D eigenvalue weighted by atomic mass is 35.5. The Balaban J connectivity index is 2.00. The average molecular weight is 384 g/mol. The summed E-state index contributed by atoms with van der Waals surface area (Å²) in [6.07, 6.45) is 1.26. The molecule has 0 fully saturated rings. The molecule has 0 bridgehead atoms. The SMILES string of the molecule is COc1cc(C=NO)cc(Cl)c1OCCOc1cc(C)c(Cl)c(C)c1. The minimum absolute atomic E-state index is 0.282. The number of hydrogen-bond donors (Lipinski definition) is 1. The van der Waals surface area contributed by atoms with E-state index in [1.54, 1.807) is 12.1 Å². The lowest BCUT2D eigenvalue weighted by Crippen LogP contribution is -2.10. The average Bonchev–Trinajstić information content (AvgIpc) is 2.57. The van der Waals surface area contributed by atoms with E-state index in [4.69, 9.17) is 42.6 Å². The van der Waals surface area contributed by atoms with Gasteiger partial charge >= 0.3 is 0 Å². The molecule has 5 nitrogen and oxygen atoms in total. The molecular formula is C18H19Cl2NO4. The van der Waals surface area contributed by atoms with Gasteiger partial charge in [0.1, 0.15) is 19.0 Å². The zero-order chi connectivity index (χ0) is 18.4. The fourth-order valence-corrected chi connectivity index (χ4v) is 2.70. The standard InChI is InChI=1S/C18H19Cl2NO4/c1-11-6-14(7-12(2)17(11)20)24-4-5-25-18-15(19)8-13(10-21-22)9-16(18)23-3/h6-10,22H,4-5H2,1-3H3. The molecule has 2 aromatic carbocycles. The van der Waals surface area contributed by atoms with Gasteiger partial charge in [-0.05, 0) is 49.2 Å². The predicted molar refractivity (Wildman–Crippen MR) is 99.3 cm³/mol. The first-order valence-electron chi connectivity index (χ1n) is 7.53. The van der Waals surface area contributed by atoms with E-state index in [0.29, 0.717) is 28.7 Å². The Hall–Kier alpha value is -2.11. The molecule has 0 heterocycles. The van der Waals surface area contributed by atoms with Gasteiger partial charge in [0, 0.05) is 10.6 Å². The van der Waals surface area contributed by atoms with E-state index in [-0.39, 0.29) is 6.61 Å². The van der Waals surface area contributed by atoms with Crippen molar-refractivity contribution in [2.45, 2.75) is 13.8 Å². The van der Waals surface area contributed by atoms with Crippen LogP contribution < -0.4 is 14.2 Å². The van der Waals surface area contributed by atoms with Gasteiger partial charge in [-0.1, -0.05) is 28.4 Å². The topological polar surface area (TPSA) is 60.3 Å². The van der Waals surface area contributed by atoms with Crippen molar-refractivity contribution in [1.82, 2.24) is 0 Å². The van der Waals surface area contributed by atoms with Gasteiger partial charge in [-0.15, -0.1) is 0 Å². The quantitative estimate of drug-likeness (QED) is 0.320. The number of methoxy groups -OCH3 is 1. The molecule has 0 radical (unpaired) electrons. The van der Waals surface area contributed by atoms with Crippen LogP contribution in [-0.4, -0.2) is 31.7 Å². The normalized spacial score (nSPS) is 10.9. The third-order valence-electron chi connectivity index (χ3n) is 3.47. The minimum atomic E-state index is 0.282. The Labute approximate surface area is 156 Å². The molecule has 0 atom stereocenters. The maximum absolute atomic E-state index is 8.61. The lowest BCUT2D eigenvalue weighted by molar-refractivity contribution is 0.211. The summed E-state index contributed by atoms with van der Waals surface area (Å²) in [6, 6.07) is 7.04. The van der Waals surface area contributed by atoms with Crippen LogP contribution in [-0.2, 0) is 0 Å². The van der Waals surface area contributed by atoms with Crippen molar-refractivity contribution in [3.63, 3.8) is 0 Å². The van der Waals surface area contributed by atoms with E-state index in [1.807, 2.05) is 26.0 Å². The second-order valence-corrected chi connectivity index (χ2v) is 6.13. The van der Waals surface area contributed by atoms with Crippen LogP contribution in [0.5, 0.6) is 17.2 Å². The number of nitrogens with zero attached hydrogens (tertiary/aromatic N) is 1. The fourth-order valence-electron chi connectivity index (χ4n) is 2.31. The Bertz CT molecular complexity index is 755. The summed E-state index contributed by atoms with van der Waals surface area (Å²) in [5, 5.41) is 12.7. The van der Waals surface area contributed by atoms with Crippen LogP contribution in [0, 0.1) is 13.8 Å². The summed E-state index contributed by atoms with van der Waals surface area (Å²) in [6.45, 7) is 4.48. The maximum Gasteiger partial charge on any atom is 0.179 e. The van der Waals surface area contributed by atoms with Crippen LogP contribution in [0.1, 0.15) is 16.7 Å². The highest BCUT2D eigenvalue weighted by Crippen LogP contribution is 2.36. The van der Waals surface area contributed by atoms with E-state index in [9.17, 15) is 0 Å². The number of benzene rings is 2. The zero-order valence-electron chi connectivity index (χ0n) is 14.2. The molecule has 2 rings (SSSR count). The van der Waals surface area contributed by atoms with Crippen molar-refractivity contribution in [2.24, 2.45) is 5.16 Å². The number of rotatable bonds is 7. The largest absolute Gasteiger partial charge is 0.493 e. The third kappa shape index (κ3) is 4.94. The van der Waals surface area contributed by atoms with Crippen molar-refractivity contribution >= 4 is 29.4 Å². The Morgan fingerprint density at radius 3 is 2.28 bits per heavy atom. The van der Waals surface area contributed by atoms with E-state index in [1.165, 1.54) is 13.3 Å². The lowest BCUT2D eigenvalue weighted by atomic mass is 10.1. The van der Waals surface area contributed by atoms with E-state index in [2.05, 4.69) is 5.16 Å². The van der Waals surface area contributed by atoms with Crippen molar-refractivity contribution in [1.29, 1.82) is 0 Å². The third-order valence-corrected chi connectivity index (χ3v) is 4.34. The Morgan fingerprint density at radius 1 is 1.04 bits per heavy atom. The zero-order valence-corrected chi connectivity index (χ0v) is 15.7. The number of halogens is 2. The molecule has 1 N–H and O–H groups in total. The second-order valence-electron chi connectivity index (χ2n) is 5.35. The van der Waals surface area contributed by atoms with Crippen LogP contribution in [0.25, 0.3) is 0 Å². The lowest BCUT2D eigenvalue weighted by Gasteiger charge is -2.14. The van der Waals surface area contributed by atoms with Gasteiger partial charge in [0.15, 0.2) is 11.5 Å². The molecule has 25 heavy (non-hydrogen) atoms. The molecule has 0 saturated heterocycles. The van der Waals surface area contributed by atoms with Gasteiger partial charge in [-0.3, -0.25) is 0 Å². The summed E-state index contributed by atoms with van der Waals surface area (Å²) < 4.78 is 16.6. The van der Waals surface area contributed by atoms with Gasteiger partial charge in [-0.2, -0.15) is 0 Å². The van der Waals surface area contributed by atoms with E-state index >= 15 is 0 Å². The minimum Gasteiger partial charge on any atom is -0.493 e. The van der Waals surface area contributed by atoms with E-state index in [0.717, 1.165) is 21.9 Å². The molecule has 134 valence electrons. The summed E-state index contributed by atoms with van der Waals surface area (Å²) in [5.74, 6) is 1.59. The molecule has 0 aliphatic carbocycles. The van der Waals surface area contributed by atoms with Crippen molar-refractivity contribution in [2.75, 3.05) is 20.3 Å². The first-order chi connectivity index (χ1) is 12.0. The number of hydrogen-bond acceptors (Lipinski definition) is 5. The number of ether oxygens (including phenoxy) is 3. The molecule has 0 spiro atoms. The van der Waals surface area contributed by atoms with Gasteiger partial charge in [-0.25, -0.2) is 0 Å². The van der Waals surface area contributed by atoms with Crippen LogP contribution in [0.2, 0.25) is 10.0 Å². The Kier molecular flexibility index (Phi) is 6.79. The van der Waals surface area contributed by atoms with Gasteiger partial charge < -0.3 is 19.4 Å². The summed E-state index contributed by atoms with van der Waals surface area (Å²) >= 11 is 12.3. The first-order valence-corrected chi connectivity index (χ1v) is 8.29. The van der Waals surface area contributed by atoms with Crippen molar-refractivity contribution in [3.8, 4) is 17.2 Å². The number of oxime groups is 1. The summed E-state index contributed by atoms with van der Waals surface area (Å²) in [5.41, 5.74) is 2.52. The van der Waals surface area contributed by atoms with Crippen LogP contribution in [0.3, 0.4) is 0 Å². The number of aryl methyl sites for hydroxylation is 2. The van der Waals surface area contributed by atoms with Crippen LogP contribution >= 0.6 is 23.2 Å². The van der Waals surface area contributed by atoms with Gasteiger partial charge in [0.2, 0.25) is 0 Å². The van der Waals surface area contributed by atoms with Crippen LogP contribution in [0.4, 0.5) is 0 Å². The summed E-state index contributed by atoms with van der Waals surface area (Å²) in [7, 11) is 1.51. The molecular weight excluding hydrogens is 365 g/mol. The molecule has 0 amide bonds. The predicted octanol–water partition coefficient (Wildman–Crippen LogP) is 4.88. The summed E-state index contributed by atoms with van der Waals surface area (Å²) in [4.78, 5) is 0. The molecule has 0 saturated carbocycles. The Morgan fingerprint density at radius 2 is 1.68 bits per heavy atom. The van der Waals surface area contributed by atoms with Crippen molar-refractivity contribution in [3.05, 3.63) is 51.0 Å². The van der Waals surface area contributed by atoms with Crippen molar-refractivity contribution < 1.29 is 19.4 Å². The molecule has 0 aliphatic heterocycles. The van der Waals surface area contributed by atoms with Crippen LogP contribution in [0.15, 0.2) is 29.4 Å². The van der Waals surface area contributed by atoms with E-state index < -0.39 is 0 Å². The highest BCUT2D eigenvalue weighted by Gasteiger charge is 2.12. The highest BCUT2D eigenvalue weighted by molar-refractivity contribution is 6.32. The maximum atomic E-state index is 8.61. The fraction of sp³-hybridized carbons (Fsp3) is 0.278. The monoisotopic (exact) mass is 383 g/mol. The van der Waals surface area contributed by atoms with Gasteiger partial charge in [0.25, 0.3) is 0 Å². The molecule has 2 aromatic rings. The molecule has 7 heteroatoms. The van der Waals surface area contributed by atoms with Gasteiger partial charge in [0.05, 0.1) is 18.3 Å². The molecule has 0 aliphatic rings. The second kappa shape index (κ2) is 8.83. The molecule has 0 unspecified atom stereocenters. The molecule has 0 aromatic heterocycles. The smallest absolute Gasteiger partial charge is 0.179 e.